The molecule has 1 aliphatic rings. The smallest absolute Gasteiger partial charge is 0.305 e. The van der Waals surface area contributed by atoms with Crippen LogP contribution in [0.1, 0.15) is 90.4 Å². The van der Waals surface area contributed by atoms with Gasteiger partial charge in [-0.2, -0.15) is 0 Å². The maximum absolute atomic E-state index is 11.8. The summed E-state index contributed by atoms with van der Waals surface area (Å²) in [5.74, 6) is 2.09. The van der Waals surface area contributed by atoms with Crippen LogP contribution >= 0.6 is 21.6 Å². The van der Waals surface area contributed by atoms with E-state index in [1.165, 1.54) is 69.3 Å². The van der Waals surface area contributed by atoms with Crippen molar-refractivity contribution in [2.75, 3.05) is 18.1 Å². The van der Waals surface area contributed by atoms with E-state index in [0.717, 1.165) is 19.3 Å². The van der Waals surface area contributed by atoms with Crippen LogP contribution in [-0.4, -0.2) is 75.2 Å². The normalized spacial score (nSPS) is 25.7. The average Bonchev–Trinajstić information content (AvgIpc) is 2.78. The topological polar surface area (TPSA) is 116 Å². The molecule has 5 atom stereocenters. The minimum atomic E-state index is -1.61. The van der Waals surface area contributed by atoms with Crippen LogP contribution in [0.4, 0.5) is 0 Å². The highest BCUT2D eigenvalue weighted by Crippen LogP contribution is 2.22. The number of aliphatic hydroxyl groups excluding tert-OH is 4. The highest BCUT2D eigenvalue weighted by molar-refractivity contribution is 8.76. The van der Waals surface area contributed by atoms with Crippen LogP contribution in [0.15, 0.2) is 0 Å². The second-order valence-corrected chi connectivity index (χ2v) is 11.3. The molecule has 0 aromatic carbocycles. The molecule has 0 aliphatic carbocycles. The second-order valence-electron chi connectivity index (χ2n) is 8.44. The molecule has 1 saturated heterocycles. The van der Waals surface area contributed by atoms with Gasteiger partial charge < -0.3 is 29.9 Å². The van der Waals surface area contributed by atoms with Gasteiger partial charge in [-0.05, 0) is 12.8 Å². The van der Waals surface area contributed by atoms with E-state index in [9.17, 15) is 25.2 Å². The van der Waals surface area contributed by atoms with Gasteiger partial charge in [0.2, 0.25) is 0 Å². The minimum absolute atomic E-state index is 0.266. The van der Waals surface area contributed by atoms with Gasteiger partial charge in [0.05, 0.1) is 0 Å². The van der Waals surface area contributed by atoms with Crippen molar-refractivity contribution in [2.24, 2.45) is 0 Å². The molecular weight excluding hydrogens is 452 g/mol. The van der Waals surface area contributed by atoms with Gasteiger partial charge in [-0.15, -0.1) is 0 Å². The van der Waals surface area contributed by atoms with Crippen LogP contribution in [0.3, 0.4) is 0 Å². The maximum atomic E-state index is 11.8. The fourth-order valence-electron chi connectivity index (χ4n) is 3.66. The van der Waals surface area contributed by atoms with Gasteiger partial charge in [0.15, 0.2) is 6.29 Å². The first kappa shape index (κ1) is 30.0. The summed E-state index contributed by atoms with van der Waals surface area (Å²) in [6.07, 6.45) is 7.76. The van der Waals surface area contributed by atoms with Gasteiger partial charge in [0, 0.05) is 17.9 Å². The standard InChI is InChI=1S/C23H44O7S2/c1-2-31-32-16-14-12-10-8-6-4-3-5-7-9-11-13-15-19(24)29-17-18-20(25)21(26)22(27)23(28)30-18/h18,20-23,25-28H,2-17H2,1H3/t18-,20+,21+,22-,23-/m1/s1. The van der Waals surface area contributed by atoms with Gasteiger partial charge in [-0.25, -0.2) is 0 Å². The third kappa shape index (κ3) is 13.6. The lowest BCUT2D eigenvalue weighted by Crippen LogP contribution is -2.58. The molecule has 9 heteroatoms. The van der Waals surface area contributed by atoms with Crippen molar-refractivity contribution in [3.8, 4) is 0 Å². The van der Waals surface area contributed by atoms with Gasteiger partial charge in [-0.3, -0.25) is 4.79 Å². The van der Waals surface area contributed by atoms with Gasteiger partial charge in [0.25, 0.3) is 0 Å². The van der Waals surface area contributed by atoms with E-state index < -0.39 is 36.7 Å². The van der Waals surface area contributed by atoms with Crippen LogP contribution in [-0.2, 0) is 14.3 Å². The fraction of sp³-hybridized carbons (Fsp3) is 0.957. The first-order valence-electron chi connectivity index (χ1n) is 12.2. The zero-order valence-corrected chi connectivity index (χ0v) is 21.2. The highest BCUT2D eigenvalue weighted by Gasteiger charge is 2.43. The SMILES string of the molecule is CCSSCCCCCCCCCCCCCCC(=O)OC[C@H]1O[C@@H](O)[C@H](O)[C@@H](O)[C@H]1O. The Kier molecular flexibility index (Phi) is 18.1. The Balaban J connectivity index is 1.87. The van der Waals surface area contributed by atoms with Crippen molar-refractivity contribution in [3.63, 3.8) is 0 Å². The first-order valence-corrected chi connectivity index (χ1v) is 14.7. The van der Waals surface area contributed by atoms with Gasteiger partial charge in [-0.1, -0.05) is 92.7 Å². The third-order valence-corrected chi connectivity index (χ3v) is 8.22. The van der Waals surface area contributed by atoms with Crippen LogP contribution in [0.25, 0.3) is 0 Å². The van der Waals surface area contributed by atoms with E-state index in [1.807, 2.05) is 21.6 Å². The average molecular weight is 497 g/mol. The van der Waals surface area contributed by atoms with Gasteiger partial charge >= 0.3 is 5.97 Å². The predicted molar refractivity (Wildman–Crippen MR) is 130 cm³/mol. The molecule has 0 amide bonds. The Bertz CT molecular complexity index is 470. The van der Waals surface area contributed by atoms with E-state index >= 15 is 0 Å². The summed E-state index contributed by atoms with van der Waals surface area (Å²) in [5, 5.41) is 38.4. The van der Waals surface area contributed by atoms with Crippen molar-refractivity contribution in [2.45, 2.75) is 121 Å². The number of esters is 1. The number of hydrogen-bond donors (Lipinski definition) is 4. The molecule has 1 rings (SSSR count). The molecule has 0 saturated carbocycles. The summed E-state index contributed by atoms with van der Waals surface area (Å²) in [4.78, 5) is 11.8. The third-order valence-electron chi connectivity index (χ3n) is 5.66. The molecule has 7 nitrogen and oxygen atoms in total. The number of hydrogen-bond acceptors (Lipinski definition) is 9. The molecule has 32 heavy (non-hydrogen) atoms. The van der Waals surface area contributed by atoms with E-state index in [-0.39, 0.29) is 6.61 Å². The quantitative estimate of drug-likeness (QED) is 0.120. The summed E-state index contributed by atoms with van der Waals surface area (Å²) < 4.78 is 10.1. The van der Waals surface area contributed by atoms with Gasteiger partial charge in [0.1, 0.15) is 31.0 Å². The molecule has 1 aliphatic heterocycles. The van der Waals surface area contributed by atoms with Crippen LogP contribution in [0.5, 0.6) is 0 Å². The Morgan fingerprint density at radius 2 is 1.28 bits per heavy atom. The molecular formula is C23H44O7S2. The summed E-state index contributed by atoms with van der Waals surface area (Å²) >= 11 is 0. The molecule has 0 bridgehead atoms. The minimum Gasteiger partial charge on any atom is -0.463 e. The number of ether oxygens (including phenoxy) is 2. The lowest BCUT2D eigenvalue weighted by atomic mass is 9.99. The molecule has 0 spiro atoms. The van der Waals surface area contributed by atoms with Crippen LogP contribution in [0, 0.1) is 0 Å². The second kappa shape index (κ2) is 19.3. The van der Waals surface area contributed by atoms with Crippen LogP contribution < -0.4 is 0 Å². The molecule has 4 N–H and O–H groups in total. The summed E-state index contributed by atoms with van der Waals surface area (Å²) in [7, 11) is 3.96. The summed E-state index contributed by atoms with van der Waals surface area (Å²) in [5.41, 5.74) is 0. The largest absolute Gasteiger partial charge is 0.463 e. The number of aliphatic hydroxyl groups is 4. The van der Waals surface area contributed by atoms with Crippen LogP contribution in [0.2, 0.25) is 0 Å². The summed E-state index contributed by atoms with van der Waals surface area (Å²) in [6.45, 7) is 1.93. The Labute approximate surface area is 201 Å². The molecule has 0 aromatic heterocycles. The number of unbranched alkanes of at least 4 members (excludes halogenated alkanes) is 11. The molecule has 190 valence electrons. The Morgan fingerprint density at radius 1 is 0.750 bits per heavy atom. The monoisotopic (exact) mass is 496 g/mol. The van der Waals surface area contributed by atoms with Crippen molar-refractivity contribution in [1.29, 1.82) is 0 Å². The Hall–Kier alpha value is -0.0300. The van der Waals surface area contributed by atoms with Crippen molar-refractivity contribution in [1.82, 2.24) is 0 Å². The Morgan fingerprint density at radius 3 is 1.84 bits per heavy atom. The van der Waals surface area contributed by atoms with Crippen molar-refractivity contribution < 1.29 is 34.7 Å². The molecule has 1 fully saturated rings. The molecule has 0 aromatic rings. The lowest BCUT2D eigenvalue weighted by Gasteiger charge is -2.37. The number of carbonyl (C=O) groups is 1. The first-order chi connectivity index (χ1) is 15.5. The number of carbonyl (C=O) groups excluding carboxylic acids is 1. The molecule has 0 radical (unpaired) electrons. The maximum Gasteiger partial charge on any atom is 0.305 e. The van der Waals surface area contributed by atoms with E-state index in [2.05, 4.69) is 6.92 Å². The predicted octanol–water partition coefficient (Wildman–Crippen LogP) is 3.80. The molecule has 0 unspecified atom stereocenters. The van der Waals surface area contributed by atoms with E-state index in [0.29, 0.717) is 6.42 Å². The zero-order chi connectivity index (χ0) is 23.6. The van der Waals surface area contributed by atoms with Crippen molar-refractivity contribution >= 4 is 27.6 Å². The van der Waals surface area contributed by atoms with Crippen molar-refractivity contribution in [3.05, 3.63) is 0 Å². The van der Waals surface area contributed by atoms with E-state index in [4.69, 9.17) is 9.47 Å². The zero-order valence-electron chi connectivity index (χ0n) is 19.5. The number of rotatable bonds is 19. The summed E-state index contributed by atoms with van der Waals surface area (Å²) in [6, 6.07) is 0. The lowest BCUT2D eigenvalue weighted by molar-refractivity contribution is -0.287. The fourth-order valence-corrected chi connectivity index (χ4v) is 5.47. The highest BCUT2D eigenvalue weighted by atomic mass is 33.1. The van der Waals surface area contributed by atoms with E-state index in [1.54, 1.807) is 0 Å². The molecule has 1 heterocycles.